The van der Waals surface area contributed by atoms with Gasteiger partial charge in [-0.2, -0.15) is 10.1 Å². The molecule has 2 atom stereocenters. The van der Waals surface area contributed by atoms with Gasteiger partial charge in [-0.25, -0.2) is 4.79 Å². The summed E-state index contributed by atoms with van der Waals surface area (Å²) in [6, 6.07) is 7.66. The standard InChI is InChI=1S/C26H33N7O4/c1-3-36-24(35)28-17-6-4-16(5-7-17)26(8-9-26)20-18-21(32-31-20)29-23(30-22(18)34)33-12-10-25(11-13-33)14-37-15(2)19(25)27/h4-7,15,19H,3,8-14,27H2,1-2H3,(H,28,35)(H2,29,30,31,32,34)/t15-,19+/m0/s1. The van der Waals surface area contributed by atoms with Crippen molar-refractivity contribution in [3.8, 4) is 0 Å². The molecule has 37 heavy (non-hydrogen) atoms. The molecule has 2 saturated heterocycles. The number of anilines is 2. The van der Waals surface area contributed by atoms with Crippen LogP contribution in [0.2, 0.25) is 0 Å². The van der Waals surface area contributed by atoms with E-state index >= 15 is 0 Å². The monoisotopic (exact) mass is 507 g/mol. The van der Waals surface area contributed by atoms with Crippen LogP contribution in [0.15, 0.2) is 29.1 Å². The average molecular weight is 508 g/mol. The van der Waals surface area contributed by atoms with Crippen molar-refractivity contribution >= 4 is 28.8 Å². The average Bonchev–Trinajstić information content (AvgIpc) is 3.51. The summed E-state index contributed by atoms with van der Waals surface area (Å²) in [5.74, 6) is 0.546. The maximum Gasteiger partial charge on any atom is 0.411 e. The minimum atomic E-state index is -0.484. The molecule has 1 spiro atoms. The zero-order valence-electron chi connectivity index (χ0n) is 21.2. The third-order valence-corrected chi connectivity index (χ3v) is 8.50. The molecule has 5 N–H and O–H groups in total. The number of hydrogen-bond acceptors (Lipinski definition) is 8. The van der Waals surface area contributed by atoms with Gasteiger partial charge in [0.15, 0.2) is 5.65 Å². The zero-order chi connectivity index (χ0) is 25.8. The van der Waals surface area contributed by atoms with E-state index in [1.807, 2.05) is 31.2 Å². The van der Waals surface area contributed by atoms with Crippen molar-refractivity contribution < 1.29 is 14.3 Å². The van der Waals surface area contributed by atoms with E-state index < -0.39 is 6.09 Å². The number of nitrogens with zero attached hydrogens (tertiary/aromatic N) is 3. The quantitative estimate of drug-likeness (QED) is 0.411. The number of ether oxygens (including phenoxy) is 2. The molecule has 6 rings (SSSR count). The van der Waals surface area contributed by atoms with Gasteiger partial charge >= 0.3 is 6.09 Å². The molecule has 4 heterocycles. The van der Waals surface area contributed by atoms with Crippen LogP contribution in [0.25, 0.3) is 11.0 Å². The van der Waals surface area contributed by atoms with E-state index in [-0.39, 0.29) is 28.5 Å². The number of H-pyrrole nitrogens is 2. The highest BCUT2D eigenvalue weighted by Gasteiger charge is 2.50. The number of carbonyl (C=O) groups excluding carboxylic acids is 1. The van der Waals surface area contributed by atoms with Crippen molar-refractivity contribution in [2.45, 2.75) is 57.1 Å². The minimum Gasteiger partial charge on any atom is -0.450 e. The molecule has 1 amide bonds. The Morgan fingerprint density at radius 2 is 1.97 bits per heavy atom. The van der Waals surface area contributed by atoms with E-state index in [2.05, 4.69) is 25.4 Å². The van der Waals surface area contributed by atoms with E-state index in [9.17, 15) is 9.59 Å². The minimum absolute atomic E-state index is 0.000443. The Morgan fingerprint density at radius 3 is 2.59 bits per heavy atom. The SMILES string of the molecule is CCOC(=O)Nc1ccc(C2(c3[nH]nc4nc(N5CCC6(CC5)CO[C@@H](C)[C@H]6N)[nH]c(=O)c34)CC2)cc1. The third-order valence-electron chi connectivity index (χ3n) is 8.50. The first-order valence-electron chi connectivity index (χ1n) is 13.0. The van der Waals surface area contributed by atoms with Gasteiger partial charge < -0.3 is 20.1 Å². The summed E-state index contributed by atoms with van der Waals surface area (Å²) in [6.07, 6.45) is 3.17. The molecule has 3 fully saturated rings. The highest BCUT2D eigenvalue weighted by atomic mass is 16.5. The van der Waals surface area contributed by atoms with E-state index in [1.165, 1.54) is 0 Å². The van der Waals surface area contributed by atoms with Crippen molar-refractivity contribution in [2.24, 2.45) is 11.1 Å². The van der Waals surface area contributed by atoms with Crippen molar-refractivity contribution in [2.75, 3.05) is 36.5 Å². The highest BCUT2D eigenvalue weighted by Crippen LogP contribution is 2.54. The third kappa shape index (κ3) is 3.97. The summed E-state index contributed by atoms with van der Waals surface area (Å²) >= 11 is 0. The Labute approximate surface area is 214 Å². The Hall–Kier alpha value is -3.44. The summed E-state index contributed by atoms with van der Waals surface area (Å²) in [6.45, 7) is 6.31. The Balaban J connectivity index is 1.23. The van der Waals surface area contributed by atoms with Crippen LogP contribution in [-0.2, 0) is 14.9 Å². The molecule has 2 aromatic heterocycles. The number of aromatic amines is 2. The summed E-state index contributed by atoms with van der Waals surface area (Å²) in [4.78, 5) is 34.9. The summed E-state index contributed by atoms with van der Waals surface area (Å²) in [5, 5.41) is 10.8. The van der Waals surface area contributed by atoms with Crippen molar-refractivity contribution in [1.29, 1.82) is 0 Å². The first-order chi connectivity index (χ1) is 17.8. The van der Waals surface area contributed by atoms with Crippen LogP contribution < -0.4 is 21.5 Å². The number of aromatic nitrogens is 4. The molecule has 1 aromatic carbocycles. The van der Waals surface area contributed by atoms with Crippen LogP contribution in [0.4, 0.5) is 16.4 Å². The van der Waals surface area contributed by atoms with E-state index in [1.54, 1.807) is 6.92 Å². The van der Waals surface area contributed by atoms with Crippen molar-refractivity contribution in [3.05, 3.63) is 45.9 Å². The lowest BCUT2D eigenvalue weighted by molar-refractivity contribution is 0.0973. The predicted molar refractivity (Wildman–Crippen MR) is 139 cm³/mol. The van der Waals surface area contributed by atoms with E-state index in [4.69, 9.17) is 20.2 Å². The zero-order valence-corrected chi connectivity index (χ0v) is 21.2. The van der Waals surface area contributed by atoms with Crippen LogP contribution in [0.3, 0.4) is 0 Å². The van der Waals surface area contributed by atoms with E-state index in [0.717, 1.165) is 50.0 Å². The second kappa shape index (κ2) is 8.84. The van der Waals surface area contributed by atoms with Gasteiger partial charge in [0, 0.05) is 35.6 Å². The Bertz CT molecular complexity index is 1370. The number of carbonyl (C=O) groups is 1. The van der Waals surface area contributed by atoms with Gasteiger partial charge in [0.05, 0.1) is 25.0 Å². The van der Waals surface area contributed by atoms with Crippen molar-refractivity contribution in [3.63, 3.8) is 0 Å². The van der Waals surface area contributed by atoms with E-state index in [0.29, 0.717) is 35.9 Å². The Morgan fingerprint density at radius 1 is 1.24 bits per heavy atom. The Kier molecular flexibility index (Phi) is 5.72. The van der Waals surface area contributed by atoms with Gasteiger partial charge in [-0.3, -0.25) is 20.2 Å². The number of rotatable bonds is 5. The lowest BCUT2D eigenvalue weighted by Gasteiger charge is -2.41. The lowest BCUT2D eigenvalue weighted by Crippen LogP contribution is -2.51. The molecule has 2 aliphatic heterocycles. The molecule has 1 saturated carbocycles. The number of nitrogens with one attached hydrogen (secondary N) is 3. The van der Waals surface area contributed by atoms with Crippen LogP contribution in [0.1, 0.15) is 50.8 Å². The fourth-order valence-corrected chi connectivity index (χ4v) is 6.02. The van der Waals surface area contributed by atoms with Gasteiger partial charge in [-0.15, -0.1) is 0 Å². The number of amides is 1. The molecule has 0 radical (unpaired) electrons. The molecule has 0 bridgehead atoms. The largest absolute Gasteiger partial charge is 0.450 e. The molecule has 196 valence electrons. The number of hydrogen-bond donors (Lipinski definition) is 4. The van der Waals surface area contributed by atoms with Crippen LogP contribution in [0.5, 0.6) is 0 Å². The summed E-state index contributed by atoms with van der Waals surface area (Å²) in [5.41, 5.74) is 8.87. The summed E-state index contributed by atoms with van der Waals surface area (Å²) in [7, 11) is 0. The maximum absolute atomic E-state index is 13.3. The van der Waals surface area contributed by atoms with Crippen LogP contribution in [0, 0.1) is 5.41 Å². The number of piperidine rings is 1. The summed E-state index contributed by atoms with van der Waals surface area (Å²) < 4.78 is 10.8. The molecular formula is C26H33N7O4. The first kappa shape index (κ1) is 23.9. The smallest absolute Gasteiger partial charge is 0.411 e. The number of benzene rings is 1. The highest BCUT2D eigenvalue weighted by molar-refractivity contribution is 5.85. The lowest BCUT2D eigenvalue weighted by atomic mass is 9.73. The predicted octanol–water partition coefficient (Wildman–Crippen LogP) is 2.63. The molecule has 0 unspecified atom stereocenters. The second-order valence-corrected chi connectivity index (χ2v) is 10.6. The van der Waals surface area contributed by atoms with Crippen LogP contribution in [-0.4, -0.2) is 64.7 Å². The first-order valence-corrected chi connectivity index (χ1v) is 13.0. The second-order valence-electron chi connectivity index (χ2n) is 10.6. The molecule has 1 aliphatic carbocycles. The van der Waals surface area contributed by atoms with Crippen LogP contribution >= 0.6 is 0 Å². The normalized spacial score (nSPS) is 23.9. The maximum atomic E-state index is 13.3. The number of fused-ring (bicyclic) bond motifs is 1. The fraction of sp³-hybridized carbons (Fsp3) is 0.538. The van der Waals surface area contributed by atoms with Gasteiger partial charge in [-0.1, -0.05) is 12.1 Å². The molecule has 3 aliphatic rings. The van der Waals surface area contributed by atoms with Gasteiger partial charge in [0.25, 0.3) is 5.56 Å². The fourth-order valence-electron chi connectivity index (χ4n) is 6.02. The van der Waals surface area contributed by atoms with Gasteiger partial charge in [0.2, 0.25) is 5.95 Å². The molecule has 3 aromatic rings. The topological polar surface area (TPSA) is 151 Å². The van der Waals surface area contributed by atoms with Crippen molar-refractivity contribution in [1.82, 2.24) is 20.2 Å². The molecular weight excluding hydrogens is 474 g/mol. The molecule has 11 heteroatoms. The number of nitrogens with two attached hydrogens (primary N) is 1. The van der Waals surface area contributed by atoms with Gasteiger partial charge in [-0.05, 0) is 57.2 Å². The molecule has 11 nitrogen and oxygen atoms in total. The van der Waals surface area contributed by atoms with Gasteiger partial charge in [0.1, 0.15) is 5.39 Å².